The number of rotatable bonds is 6. The van der Waals surface area contributed by atoms with E-state index in [9.17, 15) is 14.7 Å². The van der Waals surface area contributed by atoms with Crippen molar-refractivity contribution in [1.82, 2.24) is 24.9 Å². The Kier molecular flexibility index (Phi) is 4.90. The van der Waals surface area contributed by atoms with Crippen LogP contribution in [0.5, 0.6) is 0 Å². The van der Waals surface area contributed by atoms with Crippen molar-refractivity contribution in [1.29, 1.82) is 0 Å². The van der Waals surface area contributed by atoms with Crippen molar-refractivity contribution >= 4 is 11.7 Å². The van der Waals surface area contributed by atoms with Gasteiger partial charge >= 0.3 is 0 Å². The van der Waals surface area contributed by atoms with E-state index in [1.165, 1.54) is 6.33 Å². The molecule has 130 valence electrons. The van der Waals surface area contributed by atoms with Crippen LogP contribution >= 0.6 is 0 Å². The molecule has 8 heteroatoms. The number of aliphatic hydroxyl groups is 1. The van der Waals surface area contributed by atoms with Crippen LogP contribution in [0.25, 0.3) is 5.78 Å². The number of amides is 1. The third-order valence-corrected chi connectivity index (χ3v) is 3.94. The van der Waals surface area contributed by atoms with E-state index in [4.69, 9.17) is 0 Å². The van der Waals surface area contributed by atoms with Gasteiger partial charge in [-0.2, -0.15) is 4.52 Å². The fraction of sp³-hybridized carbons (Fsp3) is 0.294. The first kappa shape index (κ1) is 16.8. The van der Waals surface area contributed by atoms with Gasteiger partial charge in [0.15, 0.2) is 0 Å². The number of carbonyl (C=O) groups excluding carboxylic acids is 1. The molecule has 0 saturated carbocycles. The normalized spacial score (nSPS) is 13.5. The van der Waals surface area contributed by atoms with Crippen molar-refractivity contribution < 1.29 is 9.90 Å². The molecule has 2 heterocycles. The monoisotopic (exact) mass is 341 g/mol. The smallest absolute Gasteiger partial charge is 0.274 e. The first-order chi connectivity index (χ1) is 12.1. The Morgan fingerprint density at radius 2 is 2.12 bits per heavy atom. The number of H-pyrrole nitrogens is 1. The number of benzene rings is 1. The minimum absolute atomic E-state index is 0.0292. The number of hydrogen-bond donors (Lipinski definition) is 3. The molecule has 25 heavy (non-hydrogen) atoms. The maximum atomic E-state index is 12.5. The van der Waals surface area contributed by atoms with Gasteiger partial charge in [0.25, 0.3) is 17.2 Å². The van der Waals surface area contributed by atoms with Gasteiger partial charge in [-0.05, 0) is 12.0 Å². The lowest BCUT2D eigenvalue weighted by molar-refractivity contribution is 0.0815. The van der Waals surface area contributed by atoms with Crippen LogP contribution in [0.1, 0.15) is 41.9 Å². The second kappa shape index (κ2) is 7.27. The van der Waals surface area contributed by atoms with Crippen molar-refractivity contribution in [2.45, 2.75) is 31.9 Å². The molecule has 1 aromatic carbocycles. The van der Waals surface area contributed by atoms with Crippen LogP contribution in [-0.4, -0.2) is 36.6 Å². The van der Waals surface area contributed by atoms with Crippen molar-refractivity contribution in [3.8, 4) is 0 Å². The number of hydrogen-bond acceptors (Lipinski definition) is 5. The van der Waals surface area contributed by atoms with Crippen LogP contribution in [0.2, 0.25) is 0 Å². The number of aromatic nitrogens is 4. The molecule has 2 atom stereocenters. The quantitative estimate of drug-likeness (QED) is 0.620. The number of nitrogens with zero attached hydrogens (tertiary/aromatic N) is 3. The van der Waals surface area contributed by atoms with Gasteiger partial charge in [0.05, 0.1) is 12.1 Å². The van der Waals surface area contributed by atoms with E-state index in [-0.39, 0.29) is 11.5 Å². The highest BCUT2D eigenvalue weighted by Gasteiger charge is 2.23. The first-order valence-electron chi connectivity index (χ1n) is 8.07. The van der Waals surface area contributed by atoms with Crippen LogP contribution in [-0.2, 0) is 0 Å². The highest BCUT2D eigenvalue weighted by molar-refractivity contribution is 5.92. The summed E-state index contributed by atoms with van der Waals surface area (Å²) < 4.78 is 1.14. The minimum atomic E-state index is -0.847. The summed E-state index contributed by atoms with van der Waals surface area (Å²) >= 11 is 0. The third kappa shape index (κ3) is 3.58. The average Bonchev–Trinajstić information content (AvgIpc) is 3.10. The Bertz CT molecular complexity index is 919. The molecule has 2 aromatic heterocycles. The minimum Gasteiger partial charge on any atom is -0.386 e. The number of aromatic amines is 1. The molecule has 3 N–H and O–H groups in total. The molecule has 0 fully saturated rings. The lowest BCUT2D eigenvalue weighted by Gasteiger charge is -2.24. The van der Waals surface area contributed by atoms with E-state index in [1.54, 1.807) is 12.1 Å². The third-order valence-electron chi connectivity index (χ3n) is 3.94. The zero-order valence-electron chi connectivity index (χ0n) is 13.7. The summed E-state index contributed by atoms with van der Waals surface area (Å²) in [7, 11) is 0. The molecule has 2 unspecified atom stereocenters. The fourth-order valence-electron chi connectivity index (χ4n) is 2.68. The molecular weight excluding hydrogens is 322 g/mol. The van der Waals surface area contributed by atoms with Crippen LogP contribution in [0, 0.1) is 0 Å². The van der Waals surface area contributed by atoms with Crippen LogP contribution in [0.15, 0.2) is 47.5 Å². The summed E-state index contributed by atoms with van der Waals surface area (Å²) in [5.41, 5.74) is 0.263. The number of fused-ring (bicyclic) bond motifs is 1. The van der Waals surface area contributed by atoms with E-state index in [0.29, 0.717) is 6.42 Å². The molecular formula is C17H19N5O3. The molecule has 8 nitrogen and oxygen atoms in total. The van der Waals surface area contributed by atoms with Crippen molar-refractivity contribution in [2.75, 3.05) is 0 Å². The number of nitrogens with one attached hydrogen (secondary N) is 2. The Morgan fingerprint density at radius 3 is 2.84 bits per heavy atom. The second-order valence-electron chi connectivity index (χ2n) is 5.73. The Balaban J connectivity index is 1.83. The predicted octanol–water partition coefficient (Wildman–Crippen LogP) is 1.05. The van der Waals surface area contributed by atoms with Gasteiger partial charge in [0.2, 0.25) is 0 Å². The van der Waals surface area contributed by atoms with Gasteiger partial charge in [-0.1, -0.05) is 43.7 Å². The number of carbonyl (C=O) groups is 1. The van der Waals surface area contributed by atoms with E-state index >= 15 is 0 Å². The second-order valence-corrected chi connectivity index (χ2v) is 5.73. The van der Waals surface area contributed by atoms with E-state index in [1.807, 2.05) is 25.1 Å². The van der Waals surface area contributed by atoms with E-state index < -0.39 is 23.6 Å². The molecule has 0 spiro atoms. The lowest BCUT2D eigenvalue weighted by atomic mass is 9.98. The van der Waals surface area contributed by atoms with Crippen molar-refractivity contribution in [3.63, 3.8) is 0 Å². The van der Waals surface area contributed by atoms with Crippen molar-refractivity contribution in [2.24, 2.45) is 0 Å². The van der Waals surface area contributed by atoms with Gasteiger partial charge in [0.1, 0.15) is 12.0 Å². The summed E-state index contributed by atoms with van der Waals surface area (Å²) in [6.07, 6.45) is 1.85. The SMILES string of the molecule is CCCC(NC(=O)c1cc(=O)n2[nH]cnc2n1)C(O)c1ccccc1. The Hall–Kier alpha value is -3.00. The predicted molar refractivity (Wildman–Crippen MR) is 91.2 cm³/mol. The topological polar surface area (TPSA) is 112 Å². The Morgan fingerprint density at radius 1 is 1.36 bits per heavy atom. The largest absolute Gasteiger partial charge is 0.386 e. The highest BCUT2D eigenvalue weighted by atomic mass is 16.3. The zero-order valence-corrected chi connectivity index (χ0v) is 13.7. The molecule has 3 aromatic rings. The molecule has 0 bridgehead atoms. The van der Waals surface area contributed by atoms with E-state index in [2.05, 4.69) is 20.4 Å². The van der Waals surface area contributed by atoms with E-state index in [0.717, 1.165) is 22.6 Å². The summed E-state index contributed by atoms with van der Waals surface area (Å²) in [6, 6.07) is 9.78. The van der Waals surface area contributed by atoms with Gasteiger partial charge in [-0.25, -0.2) is 9.97 Å². The van der Waals surface area contributed by atoms with Crippen LogP contribution in [0.3, 0.4) is 0 Å². The maximum Gasteiger partial charge on any atom is 0.274 e. The van der Waals surface area contributed by atoms with Gasteiger partial charge < -0.3 is 10.4 Å². The summed E-state index contributed by atoms with van der Waals surface area (Å²) in [4.78, 5) is 32.4. The molecule has 3 rings (SSSR count). The standard InChI is InChI=1S/C17H19N5O3/c1-2-6-12(15(24)11-7-4-3-5-8-11)20-16(25)13-9-14(23)22-17(21-13)18-10-19-22/h3-5,7-10,12,15,24H,2,6H2,1H3,(H,20,25)(H,18,19,21). The van der Waals surface area contributed by atoms with Gasteiger partial charge in [-0.3, -0.25) is 14.7 Å². The molecule has 0 aliphatic rings. The average molecular weight is 341 g/mol. The molecule has 0 aliphatic heterocycles. The molecule has 0 saturated heterocycles. The van der Waals surface area contributed by atoms with Crippen molar-refractivity contribution in [3.05, 3.63) is 64.3 Å². The lowest BCUT2D eigenvalue weighted by Crippen LogP contribution is -2.40. The van der Waals surface area contributed by atoms with Crippen LogP contribution < -0.4 is 10.9 Å². The van der Waals surface area contributed by atoms with Gasteiger partial charge in [0, 0.05) is 6.07 Å². The summed E-state index contributed by atoms with van der Waals surface area (Å²) in [5.74, 6) is -0.399. The molecule has 0 radical (unpaired) electrons. The molecule has 0 aliphatic carbocycles. The Labute approximate surface area is 143 Å². The van der Waals surface area contributed by atoms with Gasteiger partial charge in [-0.15, -0.1) is 0 Å². The number of aliphatic hydroxyl groups excluding tert-OH is 1. The highest BCUT2D eigenvalue weighted by Crippen LogP contribution is 2.20. The molecule has 1 amide bonds. The zero-order chi connectivity index (χ0) is 17.8. The fourth-order valence-corrected chi connectivity index (χ4v) is 2.68. The first-order valence-corrected chi connectivity index (χ1v) is 8.07. The summed E-state index contributed by atoms with van der Waals surface area (Å²) in [6.45, 7) is 1.97. The summed E-state index contributed by atoms with van der Waals surface area (Å²) in [5, 5.41) is 16.0. The van der Waals surface area contributed by atoms with Crippen LogP contribution in [0.4, 0.5) is 0 Å². The maximum absolute atomic E-state index is 12.5.